The Morgan fingerprint density at radius 1 is 1.38 bits per heavy atom. The van der Waals surface area contributed by atoms with Crippen molar-refractivity contribution in [3.8, 4) is 0 Å². The van der Waals surface area contributed by atoms with Gasteiger partial charge in [-0.2, -0.15) is 18.3 Å². The van der Waals surface area contributed by atoms with E-state index >= 15 is 0 Å². The fraction of sp³-hybridized carbons (Fsp3) is 0.500. The third kappa shape index (κ3) is 4.93. The van der Waals surface area contributed by atoms with Crippen LogP contribution in [0.3, 0.4) is 0 Å². The fourth-order valence-electron chi connectivity index (χ4n) is 3.91. The van der Waals surface area contributed by atoms with Crippen molar-refractivity contribution in [1.29, 1.82) is 0 Å². The zero-order valence-corrected chi connectivity index (χ0v) is 17.4. The van der Waals surface area contributed by atoms with Crippen LogP contribution in [0.15, 0.2) is 36.7 Å². The van der Waals surface area contributed by atoms with E-state index in [1.807, 2.05) is 20.2 Å². The number of rotatable bonds is 5. The molecule has 0 spiro atoms. The van der Waals surface area contributed by atoms with E-state index < -0.39 is 17.8 Å². The van der Waals surface area contributed by atoms with Gasteiger partial charge < -0.3 is 10.2 Å². The molecule has 2 aromatic rings. The van der Waals surface area contributed by atoms with Crippen molar-refractivity contribution in [2.75, 3.05) is 19.6 Å². The van der Waals surface area contributed by atoms with Gasteiger partial charge in [0.05, 0.1) is 23.7 Å². The lowest BCUT2D eigenvalue weighted by Gasteiger charge is -2.32. The van der Waals surface area contributed by atoms with Crippen LogP contribution >= 0.6 is 12.4 Å². The molecule has 160 valence electrons. The molecule has 1 amide bonds. The standard InChI is InChI=1S/C20H25F3N4O.ClH/c1-4-27(13(2)14-6-5-7-16(8-14)20(21,22)23)19(28)18-11-24-10-17(18)15-9-25-26(3)12-15;/h5-9,12-13,17-18,24H,4,10-11H2,1-3H3;1H/t13?,17-,18+;/m1./s1. The fourth-order valence-corrected chi connectivity index (χ4v) is 3.91. The van der Waals surface area contributed by atoms with Gasteiger partial charge in [0.25, 0.3) is 0 Å². The molecular weight excluding hydrogens is 405 g/mol. The van der Waals surface area contributed by atoms with Gasteiger partial charge in [-0.3, -0.25) is 9.48 Å². The largest absolute Gasteiger partial charge is 0.416 e. The highest BCUT2D eigenvalue weighted by molar-refractivity contribution is 5.85. The maximum Gasteiger partial charge on any atom is 0.416 e. The number of benzene rings is 1. The average Bonchev–Trinajstić information content (AvgIpc) is 3.30. The molecule has 1 aliphatic heterocycles. The molecule has 1 unspecified atom stereocenters. The smallest absolute Gasteiger partial charge is 0.336 e. The molecule has 3 rings (SSSR count). The van der Waals surface area contributed by atoms with Crippen LogP contribution in [0.5, 0.6) is 0 Å². The molecule has 1 aliphatic rings. The zero-order chi connectivity index (χ0) is 20.5. The molecular formula is C20H26ClF3N4O. The van der Waals surface area contributed by atoms with Crippen molar-refractivity contribution in [3.05, 3.63) is 53.3 Å². The van der Waals surface area contributed by atoms with Gasteiger partial charge in [0.2, 0.25) is 5.91 Å². The highest BCUT2D eigenvalue weighted by Gasteiger charge is 2.38. The minimum atomic E-state index is -4.41. The summed E-state index contributed by atoms with van der Waals surface area (Å²) in [7, 11) is 1.83. The van der Waals surface area contributed by atoms with Gasteiger partial charge in [-0.25, -0.2) is 0 Å². The van der Waals surface area contributed by atoms with E-state index in [2.05, 4.69) is 10.4 Å². The monoisotopic (exact) mass is 430 g/mol. The number of carbonyl (C=O) groups is 1. The molecule has 1 aromatic carbocycles. The summed E-state index contributed by atoms with van der Waals surface area (Å²) in [6.45, 7) is 5.27. The van der Waals surface area contributed by atoms with E-state index in [4.69, 9.17) is 0 Å². The van der Waals surface area contributed by atoms with E-state index in [0.29, 0.717) is 25.2 Å². The van der Waals surface area contributed by atoms with Gasteiger partial charge in [-0.15, -0.1) is 12.4 Å². The van der Waals surface area contributed by atoms with Crippen LogP contribution in [-0.2, 0) is 18.0 Å². The number of hydrogen-bond donors (Lipinski definition) is 1. The van der Waals surface area contributed by atoms with Gasteiger partial charge in [-0.05, 0) is 37.1 Å². The quantitative estimate of drug-likeness (QED) is 0.785. The number of carbonyl (C=O) groups excluding carboxylic acids is 1. The van der Waals surface area contributed by atoms with Gasteiger partial charge in [0.1, 0.15) is 0 Å². The van der Waals surface area contributed by atoms with E-state index in [9.17, 15) is 18.0 Å². The first kappa shape index (κ1) is 23.2. The first-order valence-corrected chi connectivity index (χ1v) is 9.39. The Hall–Kier alpha value is -2.06. The molecule has 1 N–H and O–H groups in total. The van der Waals surface area contributed by atoms with Crippen LogP contribution in [0.25, 0.3) is 0 Å². The summed E-state index contributed by atoms with van der Waals surface area (Å²) in [4.78, 5) is 15.0. The predicted molar refractivity (Wildman–Crippen MR) is 107 cm³/mol. The number of nitrogens with zero attached hydrogens (tertiary/aromatic N) is 3. The Labute approximate surface area is 174 Å². The third-order valence-electron chi connectivity index (χ3n) is 5.47. The Morgan fingerprint density at radius 3 is 2.69 bits per heavy atom. The molecule has 1 fully saturated rings. The van der Waals surface area contributed by atoms with Crippen molar-refractivity contribution < 1.29 is 18.0 Å². The molecule has 0 aliphatic carbocycles. The summed E-state index contributed by atoms with van der Waals surface area (Å²) in [5.74, 6) is -0.312. The highest BCUT2D eigenvalue weighted by Crippen LogP contribution is 2.34. The number of halogens is 4. The molecule has 5 nitrogen and oxygen atoms in total. The molecule has 2 heterocycles. The van der Waals surface area contributed by atoms with Crippen molar-refractivity contribution in [3.63, 3.8) is 0 Å². The lowest BCUT2D eigenvalue weighted by atomic mass is 9.89. The maximum atomic E-state index is 13.3. The van der Waals surface area contributed by atoms with E-state index in [1.165, 1.54) is 6.07 Å². The Morgan fingerprint density at radius 2 is 2.10 bits per heavy atom. The number of nitrogens with one attached hydrogen (secondary N) is 1. The van der Waals surface area contributed by atoms with E-state index in [0.717, 1.165) is 17.7 Å². The third-order valence-corrected chi connectivity index (χ3v) is 5.47. The maximum absolute atomic E-state index is 13.3. The first-order chi connectivity index (χ1) is 13.2. The summed E-state index contributed by atoms with van der Waals surface area (Å²) >= 11 is 0. The SMILES string of the molecule is CCN(C(=O)[C@H]1CNC[C@@H]1c1cnn(C)c1)C(C)c1cccc(C(F)(F)F)c1.Cl. The van der Waals surface area contributed by atoms with Crippen LogP contribution in [-0.4, -0.2) is 40.2 Å². The molecule has 29 heavy (non-hydrogen) atoms. The van der Waals surface area contributed by atoms with Crippen molar-refractivity contribution in [2.45, 2.75) is 32.0 Å². The predicted octanol–water partition coefficient (Wildman–Crippen LogP) is 3.77. The lowest BCUT2D eigenvalue weighted by molar-refractivity contribution is -0.137. The Balaban J connectivity index is 0.00000300. The molecule has 9 heteroatoms. The van der Waals surface area contributed by atoms with Gasteiger partial charge >= 0.3 is 6.18 Å². The topological polar surface area (TPSA) is 50.2 Å². The second kappa shape index (κ2) is 9.17. The van der Waals surface area contributed by atoms with Crippen LogP contribution in [0.1, 0.15) is 42.5 Å². The minimum Gasteiger partial charge on any atom is -0.336 e. The van der Waals surface area contributed by atoms with Crippen molar-refractivity contribution in [1.82, 2.24) is 20.0 Å². The summed E-state index contributed by atoms with van der Waals surface area (Å²) < 4.78 is 40.9. The second-order valence-corrected chi connectivity index (χ2v) is 7.24. The average molecular weight is 431 g/mol. The summed E-state index contributed by atoms with van der Waals surface area (Å²) in [5, 5.41) is 7.46. The molecule has 1 aromatic heterocycles. The van der Waals surface area contributed by atoms with E-state index in [1.54, 1.807) is 28.8 Å². The van der Waals surface area contributed by atoms with Crippen molar-refractivity contribution in [2.24, 2.45) is 13.0 Å². The number of amides is 1. The van der Waals surface area contributed by atoms with E-state index in [-0.39, 0.29) is 30.2 Å². The lowest BCUT2D eigenvalue weighted by Crippen LogP contribution is -2.40. The van der Waals surface area contributed by atoms with Crippen LogP contribution in [0, 0.1) is 5.92 Å². The molecule has 0 saturated carbocycles. The van der Waals surface area contributed by atoms with Crippen molar-refractivity contribution >= 4 is 18.3 Å². The summed E-state index contributed by atoms with van der Waals surface area (Å²) in [6.07, 6.45) is -0.730. The molecule has 1 saturated heterocycles. The van der Waals surface area contributed by atoms with Crippen LogP contribution < -0.4 is 5.32 Å². The normalized spacial score (nSPS) is 20.2. The molecule has 0 bridgehead atoms. The van der Waals surface area contributed by atoms with Crippen LogP contribution in [0.4, 0.5) is 13.2 Å². The van der Waals surface area contributed by atoms with Gasteiger partial charge in [0.15, 0.2) is 0 Å². The number of aromatic nitrogens is 2. The molecule has 3 atom stereocenters. The highest BCUT2D eigenvalue weighted by atomic mass is 35.5. The summed E-state index contributed by atoms with van der Waals surface area (Å²) in [6, 6.07) is 4.76. The number of hydrogen-bond acceptors (Lipinski definition) is 3. The van der Waals surface area contributed by atoms with Gasteiger partial charge in [0, 0.05) is 38.8 Å². The number of aryl methyl sites for hydroxylation is 1. The second-order valence-electron chi connectivity index (χ2n) is 7.24. The Bertz CT molecular complexity index is 839. The van der Waals surface area contributed by atoms with Gasteiger partial charge in [-0.1, -0.05) is 12.1 Å². The van der Waals surface area contributed by atoms with Crippen LogP contribution in [0.2, 0.25) is 0 Å². The Kier molecular flexibility index (Phi) is 7.35. The number of alkyl halides is 3. The molecule has 0 radical (unpaired) electrons. The summed E-state index contributed by atoms with van der Waals surface area (Å²) in [5.41, 5.74) is 0.777. The first-order valence-electron chi connectivity index (χ1n) is 9.39. The zero-order valence-electron chi connectivity index (χ0n) is 16.6. The minimum absolute atomic E-state index is 0.